The first-order valence-corrected chi connectivity index (χ1v) is 5.21. The van der Waals surface area contributed by atoms with Crippen LogP contribution in [-0.2, 0) is 16.7 Å². The summed E-state index contributed by atoms with van der Waals surface area (Å²) in [5, 5.41) is 10.9. The van der Waals surface area contributed by atoms with Gasteiger partial charge in [0.15, 0.2) is 0 Å². The second-order valence-corrected chi connectivity index (χ2v) is 3.38. The molecule has 8 heteroatoms. The maximum Gasteiger partial charge on any atom is 0.385 e. The molecule has 0 atom stereocenters. The van der Waals surface area contributed by atoms with Crippen LogP contribution in [0.4, 0.5) is 5.82 Å². The smallest absolute Gasteiger partial charge is 0.370 e. The molecule has 1 heterocycles. The molecule has 2 N–H and O–H groups in total. The maximum absolute atomic E-state index is 10.6. The third-order valence-corrected chi connectivity index (χ3v) is 2.35. The monoisotopic (exact) mass is 276 g/mol. The van der Waals surface area contributed by atoms with Gasteiger partial charge in [0.2, 0.25) is 12.2 Å². The van der Waals surface area contributed by atoms with Gasteiger partial charge in [-0.1, -0.05) is 15.9 Å². The van der Waals surface area contributed by atoms with Crippen molar-refractivity contribution in [2.45, 2.75) is 18.3 Å². The lowest BCUT2D eigenvalue weighted by atomic mass is 10.4. The van der Waals surface area contributed by atoms with E-state index in [9.17, 15) is 14.9 Å². The number of halogens is 1. The number of primary amides is 1. The topological polar surface area (TPSA) is 104 Å². The molecule has 0 fully saturated rings. The average molecular weight is 277 g/mol. The molecule has 0 unspecified atom stereocenters. The second kappa shape index (κ2) is 4.87. The summed E-state index contributed by atoms with van der Waals surface area (Å²) in [6.07, 6.45) is 1.46. The molecule has 15 heavy (non-hydrogen) atoms. The first-order valence-electron chi connectivity index (χ1n) is 4.09. The van der Waals surface area contributed by atoms with Crippen molar-refractivity contribution < 1.29 is 9.72 Å². The van der Waals surface area contributed by atoms with Crippen molar-refractivity contribution in [2.75, 3.05) is 0 Å². The van der Waals surface area contributed by atoms with E-state index in [1.165, 1.54) is 10.9 Å². The summed E-state index contributed by atoms with van der Waals surface area (Å²) in [7, 11) is 0. The SMILES string of the molecule is NC(=O)CCn1cnc([N+](=O)[O-])c1CBr. The number of aryl methyl sites for hydroxylation is 1. The molecular formula is C7H9BrN4O3. The summed E-state index contributed by atoms with van der Waals surface area (Å²) in [4.78, 5) is 24.2. The molecule has 0 bridgehead atoms. The summed E-state index contributed by atoms with van der Waals surface area (Å²) in [5.41, 5.74) is 5.41. The zero-order valence-electron chi connectivity index (χ0n) is 7.72. The minimum absolute atomic E-state index is 0.132. The first-order chi connectivity index (χ1) is 7.06. The Balaban J connectivity index is 2.89. The van der Waals surface area contributed by atoms with Gasteiger partial charge in [0, 0.05) is 13.0 Å². The van der Waals surface area contributed by atoms with Crippen LogP contribution in [0, 0.1) is 10.1 Å². The predicted octanol–water partition coefficient (Wildman–Crippen LogP) is 0.562. The predicted molar refractivity (Wildman–Crippen MR) is 55.3 cm³/mol. The Hall–Kier alpha value is -1.44. The highest BCUT2D eigenvalue weighted by Crippen LogP contribution is 2.19. The van der Waals surface area contributed by atoms with Crippen molar-refractivity contribution in [2.24, 2.45) is 5.73 Å². The van der Waals surface area contributed by atoms with Gasteiger partial charge in [-0.05, 0) is 9.91 Å². The van der Waals surface area contributed by atoms with E-state index in [-0.39, 0.29) is 12.2 Å². The van der Waals surface area contributed by atoms with E-state index >= 15 is 0 Å². The number of imidazole rings is 1. The number of carbonyl (C=O) groups is 1. The summed E-state index contributed by atoms with van der Waals surface area (Å²) >= 11 is 3.13. The highest BCUT2D eigenvalue weighted by Gasteiger charge is 2.20. The number of aromatic nitrogens is 2. The van der Waals surface area contributed by atoms with Crippen LogP contribution in [0.5, 0.6) is 0 Å². The van der Waals surface area contributed by atoms with Crippen LogP contribution in [0.1, 0.15) is 12.1 Å². The van der Waals surface area contributed by atoms with Crippen LogP contribution in [-0.4, -0.2) is 20.4 Å². The molecule has 0 spiro atoms. The molecule has 0 saturated carbocycles. The molecule has 0 aliphatic carbocycles. The molecule has 1 amide bonds. The minimum atomic E-state index is -0.558. The third kappa shape index (κ3) is 2.75. The zero-order valence-corrected chi connectivity index (χ0v) is 9.31. The fourth-order valence-corrected chi connectivity index (χ4v) is 1.68. The highest BCUT2D eigenvalue weighted by molar-refractivity contribution is 9.08. The summed E-state index contributed by atoms with van der Waals surface area (Å²) in [6.45, 7) is 0.303. The summed E-state index contributed by atoms with van der Waals surface area (Å²) in [5.74, 6) is -0.650. The van der Waals surface area contributed by atoms with Gasteiger partial charge in [-0.3, -0.25) is 4.79 Å². The number of nitrogens with two attached hydrogens (primary N) is 1. The molecular weight excluding hydrogens is 268 g/mol. The average Bonchev–Trinajstić information content (AvgIpc) is 2.57. The van der Waals surface area contributed by atoms with Gasteiger partial charge in [-0.15, -0.1) is 0 Å². The van der Waals surface area contributed by atoms with E-state index in [1.54, 1.807) is 0 Å². The van der Waals surface area contributed by atoms with Gasteiger partial charge in [0.05, 0.1) is 5.33 Å². The van der Waals surface area contributed by atoms with Crippen LogP contribution in [0.3, 0.4) is 0 Å². The molecule has 0 aliphatic rings. The second-order valence-electron chi connectivity index (χ2n) is 2.82. The van der Waals surface area contributed by atoms with E-state index in [0.29, 0.717) is 17.6 Å². The molecule has 0 saturated heterocycles. The molecule has 82 valence electrons. The third-order valence-electron chi connectivity index (χ3n) is 1.82. The largest absolute Gasteiger partial charge is 0.385 e. The molecule has 0 aromatic carbocycles. The standard InChI is InChI=1S/C7H9BrN4O3/c8-3-5-7(12(14)15)10-4-11(5)2-1-6(9)13/h4H,1-3H2,(H2,9,13). The quantitative estimate of drug-likeness (QED) is 0.482. The fraction of sp³-hybridized carbons (Fsp3) is 0.429. The Morgan fingerprint density at radius 1 is 1.73 bits per heavy atom. The van der Waals surface area contributed by atoms with Crippen LogP contribution in [0.25, 0.3) is 0 Å². The van der Waals surface area contributed by atoms with Crippen LogP contribution in [0.2, 0.25) is 0 Å². The van der Waals surface area contributed by atoms with E-state index in [1.807, 2.05) is 0 Å². The minimum Gasteiger partial charge on any atom is -0.370 e. The molecule has 0 aliphatic heterocycles. The van der Waals surface area contributed by atoms with Gasteiger partial charge >= 0.3 is 5.82 Å². The van der Waals surface area contributed by atoms with E-state index in [4.69, 9.17) is 5.73 Å². The van der Waals surface area contributed by atoms with Crippen LogP contribution < -0.4 is 5.73 Å². The number of hydrogen-bond acceptors (Lipinski definition) is 4. The van der Waals surface area contributed by atoms with Gasteiger partial charge in [-0.2, -0.15) is 0 Å². The van der Waals surface area contributed by atoms with Gasteiger partial charge in [0.25, 0.3) is 0 Å². The number of nitrogens with zero attached hydrogens (tertiary/aromatic N) is 3. The van der Waals surface area contributed by atoms with E-state index < -0.39 is 10.8 Å². The summed E-state index contributed by atoms with van der Waals surface area (Å²) < 4.78 is 1.54. The van der Waals surface area contributed by atoms with Gasteiger partial charge in [-0.25, -0.2) is 0 Å². The Labute approximate surface area is 93.6 Å². The normalized spacial score (nSPS) is 10.2. The number of amides is 1. The molecule has 7 nitrogen and oxygen atoms in total. The highest BCUT2D eigenvalue weighted by atomic mass is 79.9. The lowest BCUT2D eigenvalue weighted by Crippen LogP contribution is -2.14. The van der Waals surface area contributed by atoms with Crippen molar-refractivity contribution in [3.8, 4) is 0 Å². The molecule has 0 radical (unpaired) electrons. The van der Waals surface area contributed by atoms with Crippen LogP contribution >= 0.6 is 15.9 Å². The fourth-order valence-electron chi connectivity index (χ4n) is 1.11. The number of rotatable bonds is 5. The van der Waals surface area contributed by atoms with Crippen molar-refractivity contribution in [1.29, 1.82) is 0 Å². The number of hydrogen-bond donors (Lipinski definition) is 1. The number of nitro groups is 1. The molecule has 1 aromatic heterocycles. The zero-order chi connectivity index (χ0) is 11.4. The lowest BCUT2D eigenvalue weighted by Gasteiger charge is -2.02. The maximum atomic E-state index is 10.6. The number of carbonyl (C=O) groups excluding carboxylic acids is 1. The first kappa shape index (κ1) is 11.6. The van der Waals surface area contributed by atoms with Gasteiger partial charge < -0.3 is 20.4 Å². The number of alkyl halides is 1. The van der Waals surface area contributed by atoms with E-state index in [0.717, 1.165) is 0 Å². The Bertz CT molecular complexity index is 390. The lowest BCUT2D eigenvalue weighted by molar-refractivity contribution is -0.390. The van der Waals surface area contributed by atoms with Crippen LogP contribution in [0.15, 0.2) is 6.33 Å². The van der Waals surface area contributed by atoms with Crippen molar-refractivity contribution >= 4 is 27.7 Å². The Kier molecular flexibility index (Phi) is 3.78. The van der Waals surface area contributed by atoms with Crippen molar-refractivity contribution in [3.05, 3.63) is 22.1 Å². The van der Waals surface area contributed by atoms with Crippen molar-refractivity contribution in [1.82, 2.24) is 9.55 Å². The Morgan fingerprint density at radius 2 is 2.40 bits per heavy atom. The Morgan fingerprint density at radius 3 is 2.87 bits per heavy atom. The summed E-state index contributed by atoms with van der Waals surface area (Å²) in [6, 6.07) is 0. The van der Waals surface area contributed by atoms with E-state index in [2.05, 4.69) is 20.9 Å². The molecule has 1 aromatic rings. The van der Waals surface area contributed by atoms with Gasteiger partial charge in [0.1, 0.15) is 5.69 Å². The van der Waals surface area contributed by atoms with Crippen molar-refractivity contribution in [3.63, 3.8) is 0 Å². The molecule has 1 rings (SSSR count).